The Morgan fingerprint density at radius 2 is 2.22 bits per heavy atom. The minimum Gasteiger partial charge on any atom is -0.398 e. The summed E-state index contributed by atoms with van der Waals surface area (Å²) in [7, 11) is -0.872. The van der Waals surface area contributed by atoms with Gasteiger partial charge in [-0.05, 0) is 29.0 Å². The SMILES string of the molecule is Cc1cccc(-c2nnnn2CCS(C)=O)c1N. The standard InChI is InChI=1S/C11H15N5OS/c1-8-4-3-5-9(10(8)12)11-13-14-15-16(11)6-7-18(2)17/h3-5H,6-7,12H2,1-2H3. The van der Waals surface area contributed by atoms with Crippen LogP contribution in [0, 0.1) is 6.92 Å². The fourth-order valence-corrected chi connectivity index (χ4v) is 2.07. The topological polar surface area (TPSA) is 86.7 Å². The zero-order valence-electron chi connectivity index (χ0n) is 10.3. The molecule has 7 heteroatoms. The van der Waals surface area contributed by atoms with E-state index in [4.69, 9.17) is 5.73 Å². The second-order valence-electron chi connectivity index (χ2n) is 4.04. The summed E-state index contributed by atoms with van der Waals surface area (Å²) in [6.07, 6.45) is 1.66. The molecule has 1 unspecified atom stereocenters. The Bertz CT molecular complexity index is 581. The van der Waals surface area contributed by atoms with E-state index in [1.807, 2.05) is 25.1 Å². The lowest BCUT2D eigenvalue weighted by molar-refractivity contribution is 0.625. The molecule has 1 atom stereocenters. The second kappa shape index (κ2) is 5.26. The number of aryl methyl sites for hydroxylation is 2. The zero-order chi connectivity index (χ0) is 13.1. The van der Waals surface area contributed by atoms with Crippen LogP contribution >= 0.6 is 0 Å². The summed E-state index contributed by atoms with van der Waals surface area (Å²) >= 11 is 0. The van der Waals surface area contributed by atoms with Crippen LogP contribution in [0.1, 0.15) is 5.56 Å². The Labute approximate surface area is 108 Å². The molecule has 0 fully saturated rings. The fraction of sp³-hybridized carbons (Fsp3) is 0.364. The van der Waals surface area contributed by atoms with Gasteiger partial charge in [0.1, 0.15) is 0 Å². The third-order valence-corrected chi connectivity index (χ3v) is 3.44. The summed E-state index contributed by atoms with van der Waals surface area (Å²) in [5, 5.41) is 11.5. The largest absolute Gasteiger partial charge is 0.398 e. The highest BCUT2D eigenvalue weighted by molar-refractivity contribution is 7.84. The van der Waals surface area contributed by atoms with Crippen molar-refractivity contribution >= 4 is 16.5 Å². The number of benzene rings is 1. The number of hydrogen-bond acceptors (Lipinski definition) is 5. The maximum atomic E-state index is 11.1. The Balaban J connectivity index is 2.36. The van der Waals surface area contributed by atoms with Gasteiger partial charge < -0.3 is 5.73 Å². The minimum atomic E-state index is -0.872. The number of hydrogen-bond donors (Lipinski definition) is 1. The molecule has 2 rings (SSSR count). The van der Waals surface area contributed by atoms with Gasteiger partial charge in [0.2, 0.25) is 0 Å². The maximum absolute atomic E-state index is 11.1. The third kappa shape index (κ3) is 2.56. The van der Waals surface area contributed by atoms with Crippen molar-refractivity contribution in [3.05, 3.63) is 23.8 Å². The average Bonchev–Trinajstić information content (AvgIpc) is 2.78. The summed E-state index contributed by atoms with van der Waals surface area (Å²) in [6, 6.07) is 5.74. The Hall–Kier alpha value is -1.76. The van der Waals surface area contributed by atoms with Crippen LogP contribution in [-0.4, -0.2) is 36.4 Å². The molecule has 18 heavy (non-hydrogen) atoms. The quantitative estimate of drug-likeness (QED) is 0.818. The van der Waals surface area contributed by atoms with E-state index in [1.165, 1.54) is 0 Å². The molecule has 0 bridgehead atoms. The molecule has 0 spiro atoms. The van der Waals surface area contributed by atoms with Gasteiger partial charge in [-0.15, -0.1) is 5.10 Å². The number of nitrogens with zero attached hydrogens (tertiary/aromatic N) is 4. The molecular weight excluding hydrogens is 250 g/mol. The lowest BCUT2D eigenvalue weighted by atomic mass is 10.1. The van der Waals surface area contributed by atoms with E-state index in [-0.39, 0.29) is 0 Å². The molecule has 96 valence electrons. The molecule has 0 aliphatic rings. The smallest absolute Gasteiger partial charge is 0.184 e. The van der Waals surface area contributed by atoms with E-state index in [9.17, 15) is 4.21 Å². The van der Waals surface area contributed by atoms with Crippen LogP contribution in [-0.2, 0) is 17.3 Å². The van der Waals surface area contributed by atoms with Crippen LogP contribution in [0.4, 0.5) is 5.69 Å². The molecular formula is C11H15N5OS. The van der Waals surface area contributed by atoms with E-state index < -0.39 is 10.8 Å². The van der Waals surface area contributed by atoms with Gasteiger partial charge in [-0.2, -0.15) is 0 Å². The van der Waals surface area contributed by atoms with Crippen molar-refractivity contribution in [3.8, 4) is 11.4 Å². The van der Waals surface area contributed by atoms with Gasteiger partial charge in [0, 0.05) is 34.1 Å². The minimum absolute atomic E-state index is 0.513. The first-order valence-corrected chi connectivity index (χ1v) is 7.24. The number of para-hydroxylation sites is 1. The highest BCUT2D eigenvalue weighted by atomic mass is 32.2. The number of rotatable bonds is 4. The van der Waals surface area contributed by atoms with Crippen LogP contribution in [0.5, 0.6) is 0 Å². The number of nitrogen functional groups attached to an aromatic ring is 1. The van der Waals surface area contributed by atoms with Crippen molar-refractivity contribution in [2.75, 3.05) is 17.7 Å². The van der Waals surface area contributed by atoms with E-state index in [0.29, 0.717) is 23.8 Å². The van der Waals surface area contributed by atoms with Crippen LogP contribution in [0.3, 0.4) is 0 Å². The van der Waals surface area contributed by atoms with Gasteiger partial charge in [0.15, 0.2) is 5.82 Å². The molecule has 2 N–H and O–H groups in total. The van der Waals surface area contributed by atoms with Gasteiger partial charge in [-0.3, -0.25) is 4.21 Å². The van der Waals surface area contributed by atoms with Gasteiger partial charge in [0.05, 0.1) is 6.54 Å². The Morgan fingerprint density at radius 1 is 1.44 bits per heavy atom. The van der Waals surface area contributed by atoms with Gasteiger partial charge in [-0.1, -0.05) is 12.1 Å². The molecule has 0 saturated heterocycles. The summed E-state index contributed by atoms with van der Waals surface area (Å²) in [5.74, 6) is 1.13. The van der Waals surface area contributed by atoms with Gasteiger partial charge in [-0.25, -0.2) is 4.68 Å². The van der Waals surface area contributed by atoms with E-state index in [1.54, 1.807) is 10.9 Å². The van der Waals surface area contributed by atoms with Crippen molar-refractivity contribution in [1.82, 2.24) is 20.2 Å². The second-order valence-corrected chi connectivity index (χ2v) is 5.59. The molecule has 0 amide bonds. The summed E-state index contributed by atoms with van der Waals surface area (Å²) in [6.45, 7) is 2.45. The van der Waals surface area contributed by atoms with Crippen molar-refractivity contribution in [3.63, 3.8) is 0 Å². The number of aromatic nitrogens is 4. The molecule has 1 aromatic carbocycles. The Kier molecular flexibility index (Phi) is 3.71. The van der Waals surface area contributed by atoms with E-state index in [2.05, 4.69) is 15.5 Å². The lowest BCUT2D eigenvalue weighted by Gasteiger charge is -2.08. The van der Waals surface area contributed by atoms with Crippen LogP contribution in [0.15, 0.2) is 18.2 Å². The zero-order valence-corrected chi connectivity index (χ0v) is 11.1. The van der Waals surface area contributed by atoms with Crippen LogP contribution < -0.4 is 5.73 Å². The van der Waals surface area contributed by atoms with Crippen LogP contribution in [0.2, 0.25) is 0 Å². The summed E-state index contributed by atoms with van der Waals surface area (Å²) in [4.78, 5) is 0. The first-order chi connectivity index (χ1) is 8.59. The summed E-state index contributed by atoms with van der Waals surface area (Å²) in [5.41, 5.74) is 8.50. The fourth-order valence-electron chi connectivity index (χ4n) is 1.64. The number of nitrogens with two attached hydrogens (primary N) is 1. The number of tetrazole rings is 1. The van der Waals surface area contributed by atoms with Crippen molar-refractivity contribution < 1.29 is 4.21 Å². The first-order valence-electron chi connectivity index (χ1n) is 5.51. The van der Waals surface area contributed by atoms with Crippen molar-refractivity contribution in [2.24, 2.45) is 0 Å². The molecule has 0 saturated carbocycles. The van der Waals surface area contributed by atoms with E-state index in [0.717, 1.165) is 11.1 Å². The molecule has 2 aromatic rings. The molecule has 0 aliphatic carbocycles. The highest BCUT2D eigenvalue weighted by Crippen LogP contribution is 2.25. The maximum Gasteiger partial charge on any atom is 0.184 e. The molecule has 1 aromatic heterocycles. The van der Waals surface area contributed by atoms with Gasteiger partial charge in [0.25, 0.3) is 0 Å². The Morgan fingerprint density at radius 3 is 2.94 bits per heavy atom. The van der Waals surface area contributed by atoms with Crippen LogP contribution in [0.25, 0.3) is 11.4 Å². The highest BCUT2D eigenvalue weighted by Gasteiger charge is 2.12. The molecule has 0 radical (unpaired) electrons. The predicted octanol–water partition coefficient (Wildman–Crippen LogP) is 0.609. The molecule has 1 heterocycles. The average molecular weight is 265 g/mol. The first kappa shape index (κ1) is 12.7. The van der Waals surface area contributed by atoms with Gasteiger partial charge >= 0.3 is 0 Å². The van der Waals surface area contributed by atoms with Crippen molar-refractivity contribution in [2.45, 2.75) is 13.5 Å². The monoisotopic (exact) mass is 265 g/mol. The third-order valence-electron chi connectivity index (χ3n) is 2.69. The summed E-state index contributed by atoms with van der Waals surface area (Å²) < 4.78 is 12.7. The predicted molar refractivity (Wildman–Crippen MR) is 71.3 cm³/mol. The number of anilines is 1. The normalized spacial score (nSPS) is 12.6. The molecule has 0 aliphatic heterocycles. The molecule has 6 nitrogen and oxygen atoms in total. The van der Waals surface area contributed by atoms with E-state index >= 15 is 0 Å². The van der Waals surface area contributed by atoms with Crippen molar-refractivity contribution in [1.29, 1.82) is 0 Å². The lowest BCUT2D eigenvalue weighted by Crippen LogP contribution is -2.10.